The summed E-state index contributed by atoms with van der Waals surface area (Å²) in [6, 6.07) is 1.61. The molecule has 0 bridgehead atoms. The fourth-order valence-electron chi connectivity index (χ4n) is 1.87. The van der Waals surface area contributed by atoms with Crippen LogP contribution in [0.5, 0.6) is 0 Å². The van der Waals surface area contributed by atoms with E-state index in [4.69, 9.17) is 10.4 Å². The second-order valence-electron chi connectivity index (χ2n) is 3.88. The maximum Gasteiger partial charge on any atom is 0.303 e. The van der Waals surface area contributed by atoms with Gasteiger partial charge in [-0.25, -0.2) is 12.7 Å². The van der Waals surface area contributed by atoms with Crippen LogP contribution in [0.4, 0.5) is 0 Å². The number of hydrogen-bond acceptors (Lipinski definition) is 4. The van der Waals surface area contributed by atoms with Crippen LogP contribution in [0.15, 0.2) is 0 Å². The molecule has 1 N–H and O–H groups in total. The molecule has 0 aliphatic carbocycles. The van der Waals surface area contributed by atoms with Gasteiger partial charge >= 0.3 is 5.97 Å². The summed E-state index contributed by atoms with van der Waals surface area (Å²) < 4.78 is 24.4. The molecule has 90 valence electrons. The second-order valence-corrected chi connectivity index (χ2v) is 5.85. The largest absolute Gasteiger partial charge is 0.481 e. The molecule has 1 saturated heterocycles. The van der Waals surface area contributed by atoms with Gasteiger partial charge in [0.1, 0.15) is 0 Å². The van der Waals surface area contributed by atoms with Crippen LogP contribution in [0.25, 0.3) is 0 Å². The molecule has 1 fully saturated rings. The number of rotatable bonds is 4. The molecule has 1 unspecified atom stereocenters. The lowest BCUT2D eigenvalue weighted by molar-refractivity contribution is -0.138. The Morgan fingerprint density at radius 1 is 1.56 bits per heavy atom. The predicted molar refractivity (Wildman–Crippen MR) is 55.9 cm³/mol. The molecule has 0 spiro atoms. The van der Waals surface area contributed by atoms with Gasteiger partial charge in [0.05, 0.1) is 6.07 Å². The van der Waals surface area contributed by atoms with Crippen LogP contribution >= 0.6 is 0 Å². The zero-order valence-corrected chi connectivity index (χ0v) is 9.61. The molecule has 1 heterocycles. The minimum absolute atomic E-state index is 0.0153. The SMILES string of the molecule is N#CCS(=O)(=O)N1CCCC(CC(=O)O)C1. The van der Waals surface area contributed by atoms with E-state index in [9.17, 15) is 13.2 Å². The number of carboxylic acid groups (broad SMARTS) is 1. The van der Waals surface area contributed by atoms with Crippen molar-refractivity contribution < 1.29 is 18.3 Å². The van der Waals surface area contributed by atoms with Gasteiger partial charge in [0.15, 0.2) is 5.75 Å². The normalized spacial score (nSPS) is 22.6. The number of carbonyl (C=O) groups is 1. The first-order valence-corrected chi connectivity index (χ1v) is 6.63. The van der Waals surface area contributed by atoms with Crippen LogP contribution in [-0.4, -0.2) is 42.6 Å². The molecule has 0 aromatic rings. The van der Waals surface area contributed by atoms with Crippen molar-refractivity contribution in [2.75, 3.05) is 18.8 Å². The summed E-state index contributed by atoms with van der Waals surface area (Å²) in [6.45, 7) is 0.608. The third kappa shape index (κ3) is 3.47. The van der Waals surface area contributed by atoms with Crippen LogP contribution in [0.2, 0.25) is 0 Å². The monoisotopic (exact) mass is 246 g/mol. The highest BCUT2D eigenvalue weighted by molar-refractivity contribution is 7.89. The number of piperidine rings is 1. The van der Waals surface area contributed by atoms with Gasteiger partial charge in [-0.3, -0.25) is 4.79 Å². The Bertz CT molecular complexity index is 398. The quantitative estimate of drug-likeness (QED) is 0.754. The minimum Gasteiger partial charge on any atom is -0.481 e. The van der Waals surface area contributed by atoms with Crippen molar-refractivity contribution >= 4 is 16.0 Å². The molecule has 0 aromatic heterocycles. The lowest BCUT2D eigenvalue weighted by Gasteiger charge is -2.30. The zero-order chi connectivity index (χ0) is 12.2. The molecule has 16 heavy (non-hydrogen) atoms. The highest BCUT2D eigenvalue weighted by atomic mass is 32.2. The number of sulfonamides is 1. The molecule has 0 radical (unpaired) electrons. The van der Waals surface area contributed by atoms with Crippen LogP contribution in [0.3, 0.4) is 0 Å². The minimum atomic E-state index is -3.52. The van der Waals surface area contributed by atoms with E-state index in [1.165, 1.54) is 4.31 Å². The summed E-state index contributed by atoms with van der Waals surface area (Å²) in [5, 5.41) is 17.0. The van der Waals surface area contributed by atoms with E-state index in [0.29, 0.717) is 13.0 Å². The van der Waals surface area contributed by atoms with E-state index in [1.807, 2.05) is 0 Å². The van der Waals surface area contributed by atoms with Gasteiger partial charge in [0.2, 0.25) is 10.0 Å². The van der Waals surface area contributed by atoms with Gasteiger partial charge in [-0.1, -0.05) is 0 Å². The van der Waals surface area contributed by atoms with Crippen molar-refractivity contribution in [3.05, 3.63) is 0 Å². The zero-order valence-electron chi connectivity index (χ0n) is 8.79. The lowest BCUT2D eigenvalue weighted by atomic mass is 9.96. The number of aliphatic carboxylic acids is 1. The first-order valence-electron chi connectivity index (χ1n) is 5.02. The van der Waals surface area contributed by atoms with Gasteiger partial charge in [-0.15, -0.1) is 0 Å². The smallest absolute Gasteiger partial charge is 0.303 e. The first-order chi connectivity index (χ1) is 7.45. The maximum absolute atomic E-state index is 11.6. The van der Waals surface area contributed by atoms with Gasteiger partial charge in [0.25, 0.3) is 0 Å². The summed E-state index contributed by atoms with van der Waals surface area (Å²) in [4.78, 5) is 10.5. The molecule has 1 aliphatic heterocycles. The van der Waals surface area contributed by atoms with Crippen molar-refractivity contribution in [2.24, 2.45) is 5.92 Å². The van der Waals surface area contributed by atoms with Crippen molar-refractivity contribution in [2.45, 2.75) is 19.3 Å². The fraction of sp³-hybridized carbons (Fsp3) is 0.778. The van der Waals surface area contributed by atoms with E-state index in [2.05, 4.69) is 0 Å². The summed E-state index contributed by atoms with van der Waals surface area (Å²) in [5.41, 5.74) is 0. The summed E-state index contributed by atoms with van der Waals surface area (Å²) in [6.07, 6.45) is 1.37. The predicted octanol–water partition coefficient (Wildman–Crippen LogP) is 0.0265. The average Bonchev–Trinajstić information content (AvgIpc) is 2.17. The molecule has 0 aromatic carbocycles. The summed E-state index contributed by atoms with van der Waals surface area (Å²) in [5.74, 6) is -1.59. The third-order valence-corrected chi connectivity index (χ3v) is 4.20. The third-order valence-electron chi connectivity index (χ3n) is 2.59. The molecular formula is C9H14N2O4S. The summed E-state index contributed by atoms with van der Waals surface area (Å²) >= 11 is 0. The summed E-state index contributed by atoms with van der Waals surface area (Å²) in [7, 11) is -3.52. The van der Waals surface area contributed by atoms with E-state index < -0.39 is 21.7 Å². The van der Waals surface area contributed by atoms with Crippen molar-refractivity contribution in [3.8, 4) is 6.07 Å². The van der Waals surface area contributed by atoms with Crippen molar-refractivity contribution in [1.29, 1.82) is 5.26 Å². The molecule has 0 saturated carbocycles. The lowest BCUT2D eigenvalue weighted by Crippen LogP contribution is -2.41. The molecule has 1 aliphatic rings. The Balaban J connectivity index is 2.64. The molecule has 7 heteroatoms. The van der Waals surface area contributed by atoms with Crippen LogP contribution in [0, 0.1) is 17.2 Å². The highest BCUT2D eigenvalue weighted by Gasteiger charge is 2.29. The number of nitriles is 1. The molecule has 1 atom stereocenters. The number of nitrogens with zero attached hydrogens (tertiary/aromatic N) is 2. The Hall–Kier alpha value is -1.13. The fourth-order valence-corrected chi connectivity index (χ4v) is 3.06. The standard InChI is InChI=1S/C9H14N2O4S/c10-3-5-16(14,15)11-4-1-2-8(7-11)6-9(12)13/h8H,1-2,4-7H2,(H,12,13). The van der Waals surface area contributed by atoms with Gasteiger partial charge < -0.3 is 5.11 Å². The topological polar surface area (TPSA) is 98.5 Å². The van der Waals surface area contributed by atoms with E-state index >= 15 is 0 Å². The van der Waals surface area contributed by atoms with E-state index in [1.54, 1.807) is 6.07 Å². The van der Waals surface area contributed by atoms with Crippen LogP contribution in [0.1, 0.15) is 19.3 Å². The van der Waals surface area contributed by atoms with Gasteiger partial charge in [-0.05, 0) is 18.8 Å². The second kappa shape index (κ2) is 5.27. The van der Waals surface area contributed by atoms with Crippen LogP contribution < -0.4 is 0 Å². The number of carboxylic acids is 1. The Morgan fingerprint density at radius 2 is 2.25 bits per heavy atom. The molecule has 1 rings (SSSR count). The number of hydrogen-bond donors (Lipinski definition) is 1. The average molecular weight is 246 g/mol. The van der Waals surface area contributed by atoms with E-state index in [0.717, 1.165) is 6.42 Å². The Kier molecular flexibility index (Phi) is 4.26. The highest BCUT2D eigenvalue weighted by Crippen LogP contribution is 2.21. The van der Waals surface area contributed by atoms with E-state index in [-0.39, 0.29) is 18.9 Å². The Morgan fingerprint density at radius 3 is 2.81 bits per heavy atom. The Labute approximate surface area is 94.5 Å². The molecular weight excluding hydrogens is 232 g/mol. The molecule has 0 amide bonds. The maximum atomic E-state index is 11.6. The van der Waals surface area contributed by atoms with Crippen LogP contribution in [-0.2, 0) is 14.8 Å². The van der Waals surface area contributed by atoms with Gasteiger partial charge in [-0.2, -0.15) is 5.26 Å². The first kappa shape index (κ1) is 12.9. The van der Waals surface area contributed by atoms with Gasteiger partial charge in [0, 0.05) is 19.5 Å². The van der Waals surface area contributed by atoms with Crippen molar-refractivity contribution in [1.82, 2.24) is 4.31 Å². The van der Waals surface area contributed by atoms with Crippen molar-refractivity contribution in [3.63, 3.8) is 0 Å². The molecule has 6 nitrogen and oxygen atoms in total.